The molecule has 0 heterocycles. The molecule has 0 amide bonds. The van der Waals surface area contributed by atoms with Crippen molar-refractivity contribution >= 4 is 0 Å². The minimum absolute atomic E-state index is 0.119. The van der Waals surface area contributed by atoms with Crippen LogP contribution in [0.3, 0.4) is 0 Å². The van der Waals surface area contributed by atoms with Crippen LogP contribution in [-0.4, -0.2) is 20.4 Å². The average Bonchev–Trinajstić information content (AvgIpc) is 2.46. The molecule has 0 bridgehead atoms. The van der Waals surface area contributed by atoms with E-state index in [9.17, 15) is 20.4 Å². The quantitative estimate of drug-likeness (QED) is 0.513. The van der Waals surface area contributed by atoms with Crippen molar-refractivity contribution in [1.29, 1.82) is 0 Å². The van der Waals surface area contributed by atoms with Crippen molar-refractivity contribution in [1.82, 2.24) is 0 Å². The molecule has 0 fully saturated rings. The first-order chi connectivity index (χ1) is 10.4. The summed E-state index contributed by atoms with van der Waals surface area (Å²) in [6, 6.07) is 9.62. The van der Waals surface area contributed by atoms with Gasteiger partial charge in [0.15, 0.2) is 23.0 Å². The van der Waals surface area contributed by atoms with E-state index >= 15 is 0 Å². The number of hydrogen-bond donors (Lipinski definition) is 4. The fourth-order valence-corrected chi connectivity index (χ4v) is 2.27. The number of phenols is 4. The Morgan fingerprint density at radius 2 is 1.00 bits per heavy atom. The van der Waals surface area contributed by atoms with Gasteiger partial charge in [-0.25, -0.2) is 0 Å². The fraction of sp³-hybridized carbons (Fsp3) is 0.222. The zero-order valence-corrected chi connectivity index (χ0v) is 12.7. The van der Waals surface area contributed by atoms with Gasteiger partial charge in [-0.3, -0.25) is 0 Å². The van der Waals surface area contributed by atoms with Crippen LogP contribution in [0.2, 0.25) is 0 Å². The second-order valence-corrected chi connectivity index (χ2v) is 5.56. The minimum atomic E-state index is -0.123. The van der Waals surface area contributed by atoms with Crippen molar-refractivity contribution in [2.75, 3.05) is 0 Å². The Balaban J connectivity index is 2.14. The van der Waals surface area contributed by atoms with Crippen LogP contribution in [-0.2, 0) is 12.8 Å². The lowest BCUT2D eigenvalue weighted by molar-refractivity contribution is 0.403. The second kappa shape index (κ2) is 6.43. The smallest absolute Gasteiger partial charge is 0.157 e. The van der Waals surface area contributed by atoms with Crippen LogP contribution in [0.4, 0.5) is 0 Å². The maximum absolute atomic E-state index is 9.53. The van der Waals surface area contributed by atoms with Gasteiger partial charge in [0.2, 0.25) is 0 Å². The number of aromatic hydroxyl groups is 4. The van der Waals surface area contributed by atoms with Crippen LogP contribution in [0.1, 0.15) is 25.0 Å². The summed E-state index contributed by atoms with van der Waals surface area (Å²) in [5.41, 5.74) is 4.14. The van der Waals surface area contributed by atoms with Gasteiger partial charge in [0.05, 0.1) is 0 Å². The fourth-order valence-electron chi connectivity index (χ4n) is 2.27. The Morgan fingerprint density at radius 1 is 0.636 bits per heavy atom. The summed E-state index contributed by atoms with van der Waals surface area (Å²) in [6.07, 6.45) is 1.34. The van der Waals surface area contributed by atoms with E-state index in [0.717, 1.165) is 22.3 Å². The van der Waals surface area contributed by atoms with Crippen LogP contribution in [0, 0.1) is 0 Å². The highest BCUT2D eigenvalue weighted by Gasteiger charge is 2.06. The van der Waals surface area contributed by atoms with E-state index in [0.29, 0.717) is 12.8 Å². The van der Waals surface area contributed by atoms with Crippen molar-refractivity contribution in [2.45, 2.75) is 26.7 Å². The highest BCUT2D eigenvalue weighted by atomic mass is 16.3. The van der Waals surface area contributed by atoms with E-state index in [4.69, 9.17) is 0 Å². The molecule has 0 radical (unpaired) electrons. The number of hydrogen-bond acceptors (Lipinski definition) is 4. The molecule has 0 saturated carbocycles. The molecule has 2 aromatic rings. The standard InChI is InChI=1S/C18H20O4/c1-11(7-13-3-5-15(19)17(21)9-13)12(2)8-14-4-6-16(20)18(22)10-14/h3-6,9-10,19-22H,7-8H2,1-2H3. The molecule has 116 valence electrons. The summed E-state index contributed by atoms with van der Waals surface area (Å²) in [4.78, 5) is 0. The lowest BCUT2D eigenvalue weighted by Gasteiger charge is -2.10. The first-order valence-corrected chi connectivity index (χ1v) is 7.03. The van der Waals surface area contributed by atoms with Gasteiger partial charge in [-0.2, -0.15) is 0 Å². The molecule has 22 heavy (non-hydrogen) atoms. The van der Waals surface area contributed by atoms with Crippen molar-refractivity contribution < 1.29 is 20.4 Å². The molecule has 0 aliphatic heterocycles. The van der Waals surface area contributed by atoms with E-state index in [-0.39, 0.29) is 23.0 Å². The zero-order chi connectivity index (χ0) is 16.3. The summed E-state index contributed by atoms with van der Waals surface area (Å²) in [6.45, 7) is 4.03. The SMILES string of the molecule is CC(Cc1ccc(O)c(O)c1)=C(C)Cc1ccc(O)c(O)c1. The molecular formula is C18H20O4. The Labute approximate surface area is 129 Å². The molecule has 0 unspecified atom stereocenters. The molecule has 0 aromatic heterocycles. The van der Waals surface area contributed by atoms with Gasteiger partial charge in [-0.15, -0.1) is 0 Å². The van der Waals surface area contributed by atoms with E-state index in [2.05, 4.69) is 0 Å². The number of benzene rings is 2. The van der Waals surface area contributed by atoms with Crippen LogP contribution in [0.5, 0.6) is 23.0 Å². The van der Waals surface area contributed by atoms with Gasteiger partial charge in [-0.1, -0.05) is 23.3 Å². The van der Waals surface area contributed by atoms with Crippen LogP contribution in [0.25, 0.3) is 0 Å². The predicted octanol–water partition coefficient (Wildman–Crippen LogP) is 3.63. The van der Waals surface area contributed by atoms with E-state index < -0.39 is 0 Å². The van der Waals surface area contributed by atoms with Crippen molar-refractivity contribution in [3.8, 4) is 23.0 Å². The zero-order valence-electron chi connectivity index (χ0n) is 12.7. The van der Waals surface area contributed by atoms with Gasteiger partial charge >= 0.3 is 0 Å². The normalized spacial score (nSPS) is 12.1. The van der Waals surface area contributed by atoms with Crippen molar-refractivity contribution in [2.24, 2.45) is 0 Å². The number of phenolic OH excluding ortho intramolecular Hbond substituents is 4. The average molecular weight is 300 g/mol. The third kappa shape index (κ3) is 3.73. The maximum atomic E-state index is 9.53. The number of rotatable bonds is 4. The van der Waals surface area contributed by atoms with Gasteiger partial charge in [-0.05, 0) is 62.1 Å². The number of allylic oxidation sites excluding steroid dienone is 2. The summed E-state index contributed by atoms with van der Waals surface area (Å²) in [7, 11) is 0. The molecule has 2 rings (SSSR count). The van der Waals surface area contributed by atoms with Crippen molar-refractivity contribution in [3.05, 3.63) is 58.7 Å². The van der Waals surface area contributed by atoms with E-state index in [1.54, 1.807) is 24.3 Å². The van der Waals surface area contributed by atoms with Gasteiger partial charge in [0, 0.05) is 0 Å². The monoisotopic (exact) mass is 300 g/mol. The molecule has 0 saturated heterocycles. The van der Waals surface area contributed by atoms with Crippen LogP contribution >= 0.6 is 0 Å². The van der Waals surface area contributed by atoms with Crippen LogP contribution < -0.4 is 0 Å². The second-order valence-electron chi connectivity index (χ2n) is 5.56. The summed E-state index contributed by atoms with van der Waals surface area (Å²) >= 11 is 0. The maximum Gasteiger partial charge on any atom is 0.157 e. The molecule has 4 N–H and O–H groups in total. The largest absolute Gasteiger partial charge is 0.504 e. The molecular weight excluding hydrogens is 280 g/mol. The molecule has 4 heteroatoms. The summed E-state index contributed by atoms with van der Waals surface area (Å²) in [5.74, 6) is -0.485. The first-order valence-electron chi connectivity index (χ1n) is 7.03. The molecule has 0 aliphatic carbocycles. The molecule has 0 spiro atoms. The summed E-state index contributed by atoms with van der Waals surface area (Å²) < 4.78 is 0. The Morgan fingerprint density at radius 3 is 1.32 bits per heavy atom. The van der Waals surface area contributed by atoms with Gasteiger partial charge in [0.1, 0.15) is 0 Å². The third-order valence-electron chi connectivity index (χ3n) is 3.75. The highest BCUT2D eigenvalue weighted by molar-refractivity contribution is 5.43. The lowest BCUT2D eigenvalue weighted by Crippen LogP contribution is -1.95. The Kier molecular flexibility index (Phi) is 4.61. The molecule has 2 aromatic carbocycles. The Hall–Kier alpha value is -2.62. The third-order valence-corrected chi connectivity index (χ3v) is 3.75. The molecule has 0 atom stereocenters. The van der Waals surface area contributed by atoms with Crippen LogP contribution in [0.15, 0.2) is 47.5 Å². The summed E-state index contributed by atoms with van der Waals surface area (Å²) in [5, 5.41) is 37.7. The lowest BCUT2D eigenvalue weighted by atomic mass is 9.97. The Bertz CT molecular complexity index is 656. The van der Waals surface area contributed by atoms with Gasteiger partial charge in [0.25, 0.3) is 0 Å². The van der Waals surface area contributed by atoms with E-state index in [1.165, 1.54) is 12.1 Å². The predicted molar refractivity (Wildman–Crippen MR) is 85.3 cm³/mol. The van der Waals surface area contributed by atoms with Crippen molar-refractivity contribution in [3.63, 3.8) is 0 Å². The first kappa shape index (κ1) is 15.8. The van der Waals surface area contributed by atoms with Gasteiger partial charge < -0.3 is 20.4 Å². The minimum Gasteiger partial charge on any atom is -0.504 e. The molecule has 4 nitrogen and oxygen atoms in total. The topological polar surface area (TPSA) is 80.9 Å². The molecule has 0 aliphatic rings. The highest BCUT2D eigenvalue weighted by Crippen LogP contribution is 2.28. The van der Waals surface area contributed by atoms with E-state index in [1.807, 2.05) is 13.8 Å².